The van der Waals surface area contributed by atoms with Crippen LogP contribution >= 0.6 is 0 Å². The molecule has 1 aromatic rings. The smallest absolute Gasteiger partial charge is 0.337 e. The topological polar surface area (TPSA) is 61.5 Å². The van der Waals surface area contributed by atoms with Crippen molar-refractivity contribution in [2.45, 2.75) is 24.8 Å². The maximum Gasteiger partial charge on any atom is 0.337 e. The van der Waals surface area contributed by atoms with Crippen LogP contribution in [0.25, 0.3) is 0 Å². The fourth-order valence-electron chi connectivity index (χ4n) is 2.17. The number of hydrogen-bond donors (Lipinski definition) is 1. The van der Waals surface area contributed by atoms with Crippen LogP contribution in [-0.4, -0.2) is 20.2 Å². The Morgan fingerprint density at radius 2 is 2.06 bits per heavy atom. The second-order valence-corrected chi connectivity index (χ2v) is 4.42. The Morgan fingerprint density at radius 1 is 1.35 bits per heavy atom. The van der Waals surface area contributed by atoms with Crippen LogP contribution in [0.4, 0.5) is 0 Å². The fraction of sp³-hybridized carbons (Fsp3) is 0.462. The summed E-state index contributed by atoms with van der Waals surface area (Å²) < 4.78 is 10.0. The molecule has 0 radical (unpaired) electrons. The number of methoxy groups -OCH3 is 2. The van der Waals surface area contributed by atoms with Gasteiger partial charge in [0.05, 0.1) is 19.8 Å². The van der Waals surface area contributed by atoms with Crippen molar-refractivity contribution in [2.24, 2.45) is 5.73 Å². The van der Waals surface area contributed by atoms with Crippen molar-refractivity contribution in [3.05, 3.63) is 29.3 Å². The minimum Gasteiger partial charge on any atom is -0.496 e. The van der Waals surface area contributed by atoms with Crippen LogP contribution in [0.2, 0.25) is 0 Å². The SMILES string of the molecule is COC(=O)c1ccc(OC)c(C2(N)CCC2)c1. The summed E-state index contributed by atoms with van der Waals surface area (Å²) in [6.45, 7) is 0. The first-order chi connectivity index (χ1) is 8.10. The van der Waals surface area contributed by atoms with E-state index in [1.807, 2.05) is 0 Å². The first-order valence-corrected chi connectivity index (χ1v) is 5.66. The van der Waals surface area contributed by atoms with Gasteiger partial charge in [0.1, 0.15) is 5.75 Å². The van der Waals surface area contributed by atoms with Gasteiger partial charge in [-0.25, -0.2) is 4.79 Å². The molecule has 1 aliphatic carbocycles. The van der Waals surface area contributed by atoms with E-state index in [0.29, 0.717) is 5.56 Å². The van der Waals surface area contributed by atoms with Crippen molar-refractivity contribution >= 4 is 5.97 Å². The van der Waals surface area contributed by atoms with Gasteiger partial charge in [-0.3, -0.25) is 0 Å². The van der Waals surface area contributed by atoms with E-state index < -0.39 is 0 Å². The van der Waals surface area contributed by atoms with Gasteiger partial charge in [0.15, 0.2) is 0 Å². The average molecular weight is 235 g/mol. The molecule has 4 nitrogen and oxygen atoms in total. The summed E-state index contributed by atoms with van der Waals surface area (Å²) in [7, 11) is 2.98. The number of carbonyl (C=O) groups is 1. The molecule has 0 saturated heterocycles. The third kappa shape index (κ3) is 2.00. The first-order valence-electron chi connectivity index (χ1n) is 5.66. The molecule has 1 aliphatic rings. The minimum absolute atomic E-state index is 0.350. The summed E-state index contributed by atoms with van der Waals surface area (Å²) in [5, 5.41) is 0. The molecule has 92 valence electrons. The van der Waals surface area contributed by atoms with Gasteiger partial charge in [-0.15, -0.1) is 0 Å². The highest BCUT2D eigenvalue weighted by Gasteiger charge is 2.37. The van der Waals surface area contributed by atoms with Gasteiger partial charge in [0.2, 0.25) is 0 Å². The quantitative estimate of drug-likeness (QED) is 0.812. The molecule has 0 heterocycles. The van der Waals surface area contributed by atoms with Crippen LogP contribution in [0.15, 0.2) is 18.2 Å². The second kappa shape index (κ2) is 4.37. The van der Waals surface area contributed by atoms with Gasteiger partial charge in [-0.2, -0.15) is 0 Å². The zero-order chi connectivity index (χ0) is 12.5. The van der Waals surface area contributed by atoms with Crippen LogP contribution < -0.4 is 10.5 Å². The van der Waals surface area contributed by atoms with Gasteiger partial charge < -0.3 is 15.2 Å². The number of benzene rings is 1. The molecule has 4 heteroatoms. The lowest BCUT2D eigenvalue weighted by atomic mass is 9.72. The van der Waals surface area contributed by atoms with Crippen LogP contribution in [0.3, 0.4) is 0 Å². The Balaban J connectivity index is 2.43. The van der Waals surface area contributed by atoms with Gasteiger partial charge in [0, 0.05) is 11.1 Å². The highest BCUT2D eigenvalue weighted by atomic mass is 16.5. The zero-order valence-corrected chi connectivity index (χ0v) is 10.2. The standard InChI is InChI=1S/C13H17NO3/c1-16-11-5-4-9(12(15)17-2)8-10(11)13(14)6-3-7-13/h4-5,8H,3,6-7,14H2,1-2H3. The Bertz CT molecular complexity index is 438. The van der Waals surface area contributed by atoms with Crippen LogP contribution in [0.5, 0.6) is 5.75 Å². The summed E-state index contributed by atoms with van der Waals surface area (Å²) in [5.74, 6) is 0.386. The lowest BCUT2D eigenvalue weighted by Crippen LogP contribution is -2.43. The Labute approximate surface area is 101 Å². The summed E-state index contributed by atoms with van der Waals surface area (Å²) in [6.07, 6.45) is 2.96. The number of hydrogen-bond acceptors (Lipinski definition) is 4. The van der Waals surface area contributed by atoms with Crippen LogP contribution in [-0.2, 0) is 10.3 Å². The van der Waals surface area contributed by atoms with Crippen molar-refractivity contribution in [3.8, 4) is 5.75 Å². The molecule has 0 amide bonds. The minimum atomic E-state index is -0.352. The average Bonchev–Trinajstić information content (AvgIpc) is 2.34. The van der Waals surface area contributed by atoms with Crippen molar-refractivity contribution < 1.29 is 14.3 Å². The molecule has 0 atom stereocenters. The van der Waals surface area contributed by atoms with Gasteiger partial charge in [0.25, 0.3) is 0 Å². The van der Waals surface area contributed by atoms with E-state index in [4.69, 9.17) is 15.2 Å². The highest BCUT2D eigenvalue weighted by molar-refractivity contribution is 5.89. The molecule has 1 saturated carbocycles. The number of esters is 1. The van der Waals surface area contributed by atoms with E-state index in [0.717, 1.165) is 30.6 Å². The van der Waals surface area contributed by atoms with E-state index >= 15 is 0 Å². The Morgan fingerprint density at radius 3 is 2.53 bits per heavy atom. The molecule has 0 aliphatic heterocycles. The predicted octanol–water partition coefficient (Wildman–Crippen LogP) is 1.82. The first kappa shape index (κ1) is 11.9. The van der Waals surface area contributed by atoms with Crippen molar-refractivity contribution in [3.63, 3.8) is 0 Å². The van der Waals surface area contributed by atoms with Gasteiger partial charge >= 0.3 is 5.97 Å². The predicted molar refractivity (Wildman–Crippen MR) is 64.0 cm³/mol. The lowest BCUT2D eigenvalue weighted by molar-refractivity contribution is 0.0600. The number of carbonyl (C=O) groups excluding carboxylic acids is 1. The van der Waals surface area contributed by atoms with Gasteiger partial charge in [-0.1, -0.05) is 0 Å². The second-order valence-electron chi connectivity index (χ2n) is 4.42. The highest BCUT2D eigenvalue weighted by Crippen LogP contribution is 2.43. The van der Waals surface area contributed by atoms with Gasteiger partial charge in [-0.05, 0) is 37.5 Å². The molecule has 0 unspecified atom stereocenters. The van der Waals surface area contributed by atoms with E-state index in [2.05, 4.69) is 0 Å². The van der Waals surface area contributed by atoms with Crippen LogP contribution in [0, 0.1) is 0 Å². The number of nitrogens with two attached hydrogens (primary N) is 1. The van der Waals surface area contributed by atoms with Crippen LogP contribution in [0.1, 0.15) is 35.2 Å². The largest absolute Gasteiger partial charge is 0.496 e. The van der Waals surface area contributed by atoms with Crippen molar-refractivity contribution in [1.29, 1.82) is 0 Å². The molecule has 0 bridgehead atoms. The van der Waals surface area contributed by atoms with E-state index in [9.17, 15) is 4.79 Å². The third-order valence-electron chi connectivity index (χ3n) is 3.40. The summed E-state index contributed by atoms with van der Waals surface area (Å²) in [5.41, 5.74) is 7.34. The molecule has 0 aromatic heterocycles. The molecular formula is C13H17NO3. The maximum absolute atomic E-state index is 11.5. The molecular weight excluding hydrogens is 218 g/mol. The fourth-order valence-corrected chi connectivity index (χ4v) is 2.17. The normalized spacial score (nSPS) is 17.1. The maximum atomic E-state index is 11.5. The zero-order valence-electron chi connectivity index (χ0n) is 10.2. The summed E-state index contributed by atoms with van der Waals surface area (Å²) >= 11 is 0. The molecule has 1 fully saturated rings. The number of ether oxygens (including phenoxy) is 2. The summed E-state index contributed by atoms with van der Waals surface area (Å²) in [6, 6.07) is 5.24. The molecule has 2 N–H and O–H groups in total. The Kier molecular flexibility index (Phi) is 3.07. The van der Waals surface area contributed by atoms with E-state index in [1.165, 1.54) is 7.11 Å². The Hall–Kier alpha value is -1.55. The third-order valence-corrected chi connectivity index (χ3v) is 3.40. The molecule has 0 spiro atoms. The number of rotatable bonds is 3. The molecule has 2 rings (SSSR count). The van der Waals surface area contributed by atoms with Crippen molar-refractivity contribution in [1.82, 2.24) is 0 Å². The van der Waals surface area contributed by atoms with Crippen molar-refractivity contribution in [2.75, 3.05) is 14.2 Å². The van der Waals surface area contributed by atoms with E-state index in [1.54, 1.807) is 25.3 Å². The lowest BCUT2D eigenvalue weighted by Gasteiger charge is -2.39. The molecule has 1 aromatic carbocycles. The molecule has 17 heavy (non-hydrogen) atoms. The van der Waals surface area contributed by atoms with E-state index in [-0.39, 0.29) is 11.5 Å². The summed E-state index contributed by atoms with van der Waals surface area (Å²) in [4.78, 5) is 11.5. The monoisotopic (exact) mass is 235 g/mol.